The minimum Gasteiger partial charge on any atom is -0.397 e. The van der Waals surface area contributed by atoms with E-state index in [4.69, 9.17) is 5.73 Å². The zero-order chi connectivity index (χ0) is 11.5. The van der Waals surface area contributed by atoms with Crippen LogP contribution in [0, 0.1) is 6.92 Å². The summed E-state index contributed by atoms with van der Waals surface area (Å²) in [6, 6.07) is 4.61. The van der Waals surface area contributed by atoms with E-state index in [9.17, 15) is 0 Å². The molecule has 2 rings (SSSR count). The fourth-order valence-electron chi connectivity index (χ4n) is 2.33. The Morgan fingerprint density at radius 3 is 2.88 bits per heavy atom. The molecule has 1 atom stereocenters. The Labute approximate surface area is 97.7 Å². The lowest BCUT2D eigenvalue weighted by Gasteiger charge is -2.28. The van der Waals surface area contributed by atoms with Gasteiger partial charge in [0.1, 0.15) is 5.82 Å². The van der Waals surface area contributed by atoms with Gasteiger partial charge >= 0.3 is 0 Å². The Kier molecular flexibility index (Phi) is 3.32. The highest BCUT2D eigenvalue weighted by molar-refractivity contribution is 5.50. The summed E-state index contributed by atoms with van der Waals surface area (Å²) < 4.78 is 0. The molecule has 1 saturated heterocycles. The van der Waals surface area contributed by atoms with Crippen LogP contribution >= 0.6 is 0 Å². The summed E-state index contributed by atoms with van der Waals surface area (Å²) in [4.78, 5) is 7.01. The van der Waals surface area contributed by atoms with Crippen LogP contribution in [0.5, 0.6) is 0 Å². The van der Waals surface area contributed by atoms with E-state index in [0.29, 0.717) is 6.04 Å². The van der Waals surface area contributed by atoms with Crippen LogP contribution in [0.1, 0.15) is 38.3 Å². The van der Waals surface area contributed by atoms with Crippen molar-refractivity contribution < 1.29 is 0 Å². The van der Waals surface area contributed by atoms with Crippen LogP contribution in [0.4, 0.5) is 11.5 Å². The average Bonchev–Trinajstić information content (AvgIpc) is 2.47. The molecule has 1 aliphatic heterocycles. The van der Waals surface area contributed by atoms with Gasteiger partial charge in [0.05, 0.1) is 11.4 Å². The predicted octanol–water partition coefficient (Wildman–Crippen LogP) is 2.74. The lowest BCUT2D eigenvalue weighted by molar-refractivity contribution is 0.611. The van der Waals surface area contributed by atoms with Gasteiger partial charge in [-0.2, -0.15) is 0 Å². The van der Waals surface area contributed by atoms with Crippen molar-refractivity contribution in [1.29, 1.82) is 0 Å². The third-order valence-electron chi connectivity index (χ3n) is 3.46. The molecule has 1 unspecified atom stereocenters. The van der Waals surface area contributed by atoms with Crippen molar-refractivity contribution in [1.82, 2.24) is 4.98 Å². The van der Waals surface area contributed by atoms with E-state index in [1.807, 2.05) is 19.1 Å². The standard InChI is InChI=1S/C13H21N3/c1-10-6-4-3-5-9-16(10)13-8-7-12(14)11(2)15-13/h7-8,10H,3-6,9,14H2,1-2H3. The zero-order valence-corrected chi connectivity index (χ0v) is 10.2. The van der Waals surface area contributed by atoms with Gasteiger partial charge in [-0.25, -0.2) is 4.98 Å². The first-order valence-corrected chi connectivity index (χ1v) is 6.18. The van der Waals surface area contributed by atoms with Crippen LogP contribution in [0.15, 0.2) is 12.1 Å². The number of nitrogens with two attached hydrogens (primary N) is 1. The molecule has 1 fully saturated rings. The SMILES string of the molecule is Cc1nc(N2CCCCCC2C)ccc1N. The highest BCUT2D eigenvalue weighted by atomic mass is 15.2. The molecule has 0 bridgehead atoms. The van der Waals surface area contributed by atoms with Crippen LogP contribution < -0.4 is 10.6 Å². The van der Waals surface area contributed by atoms with Crippen LogP contribution in [0.3, 0.4) is 0 Å². The zero-order valence-electron chi connectivity index (χ0n) is 10.2. The summed E-state index contributed by atoms with van der Waals surface area (Å²) in [6.07, 6.45) is 5.22. The minimum atomic E-state index is 0.595. The van der Waals surface area contributed by atoms with Crippen molar-refractivity contribution in [3.8, 4) is 0 Å². The topological polar surface area (TPSA) is 42.2 Å². The van der Waals surface area contributed by atoms with E-state index in [2.05, 4.69) is 16.8 Å². The Bertz CT molecular complexity index is 362. The normalized spacial score (nSPS) is 21.9. The van der Waals surface area contributed by atoms with E-state index in [1.165, 1.54) is 25.7 Å². The Morgan fingerprint density at radius 1 is 1.31 bits per heavy atom. The molecule has 16 heavy (non-hydrogen) atoms. The van der Waals surface area contributed by atoms with Crippen molar-refractivity contribution in [3.63, 3.8) is 0 Å². The van der Waals surface area contributed by atoms with Crippen molar-refractivity contribution in [2.45, 2.75) is 45.6 Å². The van der Waals surface area contributed by atoms with Crippen molar-refractivity contribution in [3.05, 3.63) is 17.8 Å². The highest BCUT2D eigenvalue weighted by Crippen LogP contribution is 2.23. The minimum absolute atomic E-state index is 0.595. The molecule has 3 nitrogen and oxygen atoms in total. The molecule has 2 N–H and O–H groups in total. The van der Waals surface area contributed by atoms with Gasteiger partial charge in [0, 0.05) is 12.6 Å². The molecule has 0 saturated carbocycles. The lowest BCUT2D eigenvalue weighted by Crippen LogP contribution is -2.33. The van der Waals surface area contributed by atoms with Crippen LogP contribution in [-0.4, -0.2) is 17.6 Å². The van der Waals surface area contributed by atoms with E-state index < -0.39 is 0 Å². The smallest absolute Gasteiger partial charge is 0.129 e. The van der Waals surface area contributed by atoms with E-state index >= 15 is 0 Å². The molecule has 0 radical (unpaired) electrons. The first-order chi connectivity index (χ1) is 7.68. The second-order valence-corrected chi connectivity index (χ2v) is 4.74. The second kappa shape index (κ2) is 4.73. The fourth-order valence-corrected chi connectivity index (χ4v) is 2.33. The number of rotatable bonds is 1. The number of pyridine rings is 1. The maximum Gasteiger partial charge on any atom is 0.129 e. The third-order valence-corrected chi connectivity index (χ3v) is 3.46. The first-order valence-electron chi connectivity index (χ1n) is 6.18. The number of hydrogen-bond donors (Lipinski definition) is 1. The van der Waals surface area contributed by atoms with E-state index in [-0.39, 0.29) is 0 Å². The number of aryl methyl sites for hydroxylation is 1. The van der Waals surface area contributed by atoms with E-state index in [1.54, 1.807) is 0 Å². The maximum absolute atomic E-state index is 5.80. The number of nitrogens with zero attached hydrogens (tertiary/aromatic N) is 2. The molecule has 0 aliphatic carbocycles. The number of nitrogen functional groups attached to an aromatic ring is 1. The first kappa shape index (κ1) is 11.2. The summed E-state index contributed by atoms with van der Waals surface area (Å²) in [6.45, 7) is 5.39. The van der Waals surface area contributed by atoms with Gasteiger partial charge in [-0.05, 0) is 38.8 Å². The maximum atomic E-state index is 5.80. The molecule has 0 amide bonds. The molecule has 1 aromatic rings. The summed E-state index contributed by atoms with van der Waals surface area (Å²) in [5, 5.41) is 0. The molecule has 0 spiro atoms. The number of aromatic nitrogens is 1. The molecule has 2 heterocycles. The Morgan fingerprint density at radius 2 is 2.12 bits per heavy atom. The van der Waals surface area contributed by atoms with Crippen molar-refractivity contribution in [2.24, 2.45) is 0 Å². The van der Waals surface area contributed by atoms with Crippen molar-refractivity contribution >= 4 is 11.5 Å². The third kappa shape index (κ3) is 2.29. The summed E-state index contributed by atoms with van der Waals surface area (Å²) in [7, 11) is 0. The van der Waals surface area contributed by atoms with Crippen molar-refractivity contribution in [2.75, 3.05) is 17.2 Å². The molecule has 1 aromatic heterocycles. The Hall–Kier alpha value is -1.25. The predicted molar refractivity (Wildman–Crippen MR) is 68.7 cm³/mol. The van der Waals surface area contributed by atoms with Gasteiger partial charge < -0.3 is 10.6 Å². The number of hydrogen-bond acceptors (Lipinski definition) is 3. The number of anilines is 2. The van der Waals surface area contributed by atoms with Gasteiger partial charge in [0.25, 0.3) is 0 Å². The van der Waals surface area contributed by atoms with Gasteiger partial charge in [0.15, 0.2) is 0 Å². The summed E-state index contributed by atoms with van der Waals surface area (Å²) >= 11 is 0. The molecule has 0 aromatic carbocycles. The Balaban J connectivity index is 2.23. The molecular formula is C13H21N3. The van der Waals surface area contributed by atoms with Gasteiger partial charge in [0.2, 0.25) is 0 Å². The fraction of sp³-hybridized carbons (Fsp3) is 0.615. The molecule has 3 heteroatoms. The molecule has 1 aliphatic rings. The average molecular weight is 219 g/mol. The second-order valence-electron chi connectivity index (χ2n) is 4.74. The molecular weight excluding hydrogens is 198 g/mol. The summed E-state index contributed by atoms with van der Waals surface area (Å²) in [5.41, 5.74) is 7.53. The largest absolute Gasteiger partial charge is 0.397 e. The van der Waals surface area contributed by atoms with Crippen LogP contribution in [0.2, 0.25) is 0 Å². The lowest BCUT2D eigenvalue weighted by atomic mass is 10.1. The van der Waals surface area contributed by atoms with Gasteiger partial charge in [-0.15, -0.1) is 0 Å². The highest BCUT2D eigenvalue weighted by Gasteiger charge is 2.18. The van der Waals surface area contributed by atoms with Gasteiger partial charge in [-0.3, -0.25) is 0 Å². The van der Waals surface area contributed by atoms with Crippen LogP contribution in [0.25, 0.3) is 0 Å². The van der Waals surface area contributed by atoms with E-state index in [0.717, 1.165) is 23.7 Å². The molecule has 88 valence electrons. The quantitative estimate of drug-likeness (QED) is 0.789. The van der Waals surface area contributed by atoms with Gasteiger partial charge in [-0.1, -0.05) is 12.8 Å². The van der Waals surface area contributed by atoms with Crippen LogP contribution in [-0.2, 0) is 0 Å². The summed E-state index contributed by atoms with van der Waals surface area (Å²) in [5.74, 6) is 1.08. The monoisotopic (exact) mass is 219 g/mol.